The summed E-state index contributed by atoms with van der Waals surface area (Å²) in [5.74, 6) is -1.12. The molecule has 0 fully saturated rings. The second kappa shape index (κ2) is 7.11. The normalized spacial score (nSPS) is 12.9. The van der Waals surface area contributed by atoms with Crippen LogP contribution >= 0.6 is 0 Å². The number of halogens is 1. The van der Waals surface area contributed by atoms with E-state index in [0.29, 0.717) is 5.56 Å². The Morgan fingerprint density at radius 2 is 1.71 bits per heavy atom. The van der Waals surface area contributed by atoms with E-state index in [-0.39, 0.29) is 10.5 Å². The third-order valence-corrected chi connectivity index (χ3v) is 5.83. The van der Waals surface area contributed by atoms with E-state index in [4.69, 9.17) is 0 Å². The lowest BCUT2D eigenvalue weighted by molar-refractivity contribution is 0.0596. The predicted octanol–water partition coefficient (Wildman–Crippen LogP) is 2.99. The first-order chi connectivity index (χ1) is 11.3. The van der Waals surface area contributed by atoms with Crippen molar-refractivity contribution in [3.63, 3.8) is 0 Å². The van der Waals surface area contributed by atoms with Crippen molar-refractivity contribution >= 4 is 16.0 Å². The van der Waals surface area contributed by atoms with Crippen molar-refractivity contribution in [1.29, 1.82) is 0 Å². The van der Waals surface area contributed by atoms with Crippen molar-refractivity contribution in [2.24, 2.45) is 0 Å². The predicted molar refractivity (Wildman–Crippen MR) is 87.5 cm³/mol. The first-order valence-electron chi connectivity index (χ1n) is 7.20. The van der Waals surface area contributed by atoms with Crippen LogP contribution in [0.1, 0.15) is 28.9 Å². The van der Waals surface area contributed by atoms with Gasteiger partial charge in [-0.3, -0.25) is 0 Å². The first kappa shape index (κ1) is 18.1. The van der Waals surface area contributed by atoms with Crippen LogP contribution in [-0.2, 0) is 14.8 Å². The van der Waals surface area contributed by atoms with Gasteiger partial charge in [-0.25, -0.2) is 17.6 Å². The maximum atomic E-state index is 13.0. The standard InChI is InChI=1S/C17H18FNO4S/c1-12(13-8-10-14(18)11-9-13)19(2)24(21,22)16-7-5-4-6-15(16)17(20)23-3/h4-12H,1-3H3. The van der Waals surface area contributed by atoms with Gasteiger partial charge in [0.25, 0.3) is 0 Å². The molecule has 0 heterocycles. The SMILES string of the molecule is COC(=O)c1ccccc1S(=O)(=O)N(C)C(C)c1ccc(F)cc1. The molecule has 2 aromatic rings. The van der Waals surface area contributed by atoms with Gasteiger partial charge in [0.2, 0.25) is 10.0 Å². The van der Waals surface area contributed by atoms with Gasteiger partial charge in [0.1, 0.15) is 5.82 Å². The molecule has 0 bridgehead atoms. The lowest BCUT2D eigenvalue weighted by Crippen LogP contribution is -2.31. The van der Waals surface area contributed by atoms with E-state index in [1.807, 2.05) is 0 Å². The lowest BCUT2D eigenvalue weighted by atomic mass is 10.1. The zero-order valence-electron chi connectivity index (χ0n) is 13.6. The minimum Gasteiger partial charge on any atom is -0.465 e. The Kier molecular flexibility index (Phi) is 5.36. The molecule has 0 aliphatic rings. The van der Waals surface area contributed by atoms with Crippen molar-refractivity contribution in [1.82, 2.24) is 4.31 Å². The second-order valence-electron chi connectivity index (χ2n) is 5.24. The monoisotopic (exact) mass is 351 g/mol. The Hall–Kier alpha value is -2.25. The first-order valence-corrected chi connectivity index (χ1v) is 8.64. The highest BCUT2D eigenvalue weighted by Gasteiger charge is 2.30. The molecule has 0 saturated heterocycles. The van der Waals surface area contributed by atoms with Gasteiger partial charge in [-0.2, -0.15) is 4.31 Å². The fraction of sp³-hybridized carbons (Fsp3) is 0.235. The molecule has 5 nitrogen and oxygen atoms in total. The summed E-state index contributed by atoms with van der Waals surface area (Å²) >= 11 is 0. The van der Waals surface area contributed by atoms with Gasteiger partial charge < -0.3 is 4.74 Å². The number of hydrogen-bond acceptors (Lipinski definition) is 4. The van der Waals surface area contributed by atoms with E-state index >= 15 is 0 Å². The zero-order valence-corrected chi connectivity index (χ0v) is 14.4. The summed E-state index contributed by atoms with van der Waals surface area (Å²) in [6.45, 7) is 1.69. The summed E-state index contributed by atoms with van der Waals surface area (Å²) in [5, 5.41) is 0. The van der Waals surface area contributed by atoms with Crippen molar-refractivity contribution in [2.75, 3.05) is 14.2 Å². The van der Waals surface area contributed by atoms with Crippen LogP contribution in [0, 0.1) is 5.82 Å². The van der Waals surface area contributed by atoms with Crippen LogP contribution in [0.5, 0.6) is 0 Å². The highest BCUT2D eigenvalue weighted by Crippen LogP contribution is 2.27. The van der Waals surface area contributed by atoms with E-state index in [0.717, 1.165) is 4.31 Å². The molecular weight excluding hydrogens is 333 g/mol. The van der Waals surface area contributed by atoms with E-state index in [1.54, 1.807) is 13.0 Å². The van der Waals surface area contributed by atoms with Crippen molar-refractivity contribution in [3.8, 4) is 0 Å². The van der Waals surface area contributed by atoms with Gasteiger partial charge in [-0.15, -0.1) is 0 Å². The molecule has 0 N–H and O–H groups in total. The molecule has 0 saturated carbocycles. The number of benzene rings is 2. The van der Waals surface area contributed by atoms with Gasteiger partial charge in [0.05, 0.1) is 17.6 Å². The molecule has 0 amide bonds. The van der Waals surface area contributed by atoms with Gasteiger partial charge >= 0.3 is 5.97 Å². The molecule has 128 valence electrons. The van der Waals surface area contributed by atoms with Crippen molar-refractivity contribution in [2.45, 2.75) is 17.9 Å². The number of nitrogens with zero attached hydrogens (tertiary/aromatic N) is 1. The molecule has 0 aromatic heterocycles. The Balaban J connectivity index is 2.43. The van der Waals surface area contributed by atoms with Gasteiger partial charge in [0, 0.05) is 13.1 Å². The maximum absolute atomic E-state index is 13.0. The van der Waals surface area contributed by atoms with E-state index in [2.05, 4.69) is 4.74 Å². The lowest BCUT2D eigenvalue weighted by Gasteiger charge is -2.25. The minimum atomic E-state index is -3.94. The topological polar surface area (TPSA) is 63.7 Å². The summed E-state index contributed by atoms with van der Waals surface area (Å²) in [6.07, 6.45) is 0. The largest absolute Gasteiger partial charge is 0.465 e. The fourth-order valence-electron chi connectivity index (χ4n) is 2.28. The van der Waals surface area contributed by atoms with Crippen LogP contribution in [0.25, 0.3) is 0 Å². The third kappa shape index (κ3) is 3.47. The van der Waals surface area contributed by atoms with Crippen molar-refractivity contribution < 1.29 is 22.3 Å². The van der Waals surface area contributed by atoms with E-state index in [9.17, 15) is 17.6 Å². The van der Waals surface area contributed by atoms with Crippen LogP contribution in [0.2, 0.25) is 0 Å². The number of rotatable bonds is 5. The van der Waals surface area contributed by atoms with Crippen LogP contribution < -0.4 is 0 Å². The smallest absolute Gasteiger partial charge is 0.339 e. The Morgan fingerprint density at radius 1 is 1.12 bits per heavy atom. The van der Waals surface area contributed by atoms with Gasteiger partial charge in [0.15, 0.2) is 0 Å². The molecule has 1 atom stereocenters. The molecule has 2 aromatic carbocycles. The second-order valence-corrected chi connectivity index (χ2v) is 7.20. The molecule has 0 aliphatic carbocycles. The number of carbonyl (C=O) groups excluding carboxylic acids is 1. The molecule has 7 heteroatoms. The molecule has 0 radical (unpaired) electrons. The van der Waals surface area contributed by atoms with Crippen molar-refractivity contribution in [3.05, 3.63) is 65.5 Å². The van der Waals surface area contributed by atoms with Gasteiger partial charge in [-0.05, 0) is 36.8 Å². The van der Waals surface area contributed by atoms with Crippen LogP contribution in [0.3, 0.4) is 0 Å². The quantitative estimate of drug-likeness (QED) is 0.777. The molecule has 2 rings (SSSR count). The van der Waals surface area contributed by atoms with Gasteiger partial charge in [-0.1, -0.05) is 24.3 Å². The number of carbonyl (C=O) groups is 1. The van der Waals surface area contributed by atoms with Crippen LogP contribution in [0.4, 0.5) is 4.39 Å². The number of esters is 1. The Morgan fingerprint density at radius 3 is 2.29 bits per heavy atom. The Bertz CT molecular complexity index is 834. The number of methoxy groups -OCH3 is 1. The molecular formula is C17H18FNO4S. The average molecular weight is 351 g/mol. The van der Waals surface area contributed by atoms with Crippen LogP contribution in [-0.4, -0.2) is 32.8 Å². The molecule has 1 unspecified atom stereocenters. The number of hydrogen-bond donors (Lipinski definition) is 0. The maximum Gasteiger partial charge on any atom is 0.339 e. The third-order valence-electron chi connectivity index (χ3n) is 3.85. The fourth-order valence-corrected chi connectivity index (χ4v) is 3.81. The summed E-state index contributed by atoms with van der Waals surface area (Å²) in [7, 11) is -1.34. The number of sulfonamides is 1. The minimum absolute atomic E-state index is 0.0295. The highest BCUT2D eigenvalue weighted by atomic mass is 32.2. The molecule has 0 aliphatic heterocycles. The molecule has 0 spiro atoms. The average Bonchev–Trinajstić information content (AvgIpc) is 2.60. The summed E-state index contributed by atoms with van der Waals surface area (Å²) in [6, 6.07) is 10.9. The summed E-state index contributed by atoms with van der Waals surface area (Å²) in [5.41, 5.74) is 0.608. The molecule has 24 heavy (non-hydrogen) atoms. The zero-order chi connectivity index (χ0) is 17.9. The highest BCUT2D eigenvalue weighted by molar-refractivity contribution is 7.89. The van der Waals surface area contributed by atoms with Crippen LogP contribution in [0.15, 0.2) is 53.4 Å². The number of ether oxygens (including phenoxy) is 1. The Labute approximate surface area is 140 Å². The van der Waals surface area contributed by atoms with E-state index < -0.39 is 27.9 Å². The summed E-state index contributed by atoms with van der Waals surface area (Å²) < 4.78 is 44.6. The summed E-state index contributed by atoms with van der Waals surface area (Å²) in [4.78, 5) is 11.7. The van der Waals surface area contributed by atoms with E-state index in [1.165, 1.54) is 56.6 Å².